The lowest BCUT2D eigenvalue weighted by molar-refractivity contribution is -0.125. The Balaban J connectivity index is 1.79. The molecule has 1 aromatic carbocycles. The molecule has 1 amide bonds. The average Bonchev–Trinajstić information content (AvgIpc) is 2.88. The van der Waals surface area contributed by atoms with Crippen LogP contribution in [-0.2, 0) is 16.1 Å². The molecular formula is C21H25NO2. The van der Waals surface area contributed by atoms with Crippen molar-refractivity contribution in [2.24, 2.45) is 16.7 Å². The second-order valence-corrected chi connectivity index (χ2v) is 7.74. The molecule has 0 spiro atoms. The van der Waals surface area contributed by atoms with Gasteiger partial charge < -0.3 is 5.32 Å². The van der Waals surface area contributed by atoms with Crippen LogP contribution in [0, 0.1) is 16.7 Å². The Morgan fingerprint density at radius 3 is 2.50 bits per heavy atom. The van der Waals surface area contributed by atoms with Crippen LogP contribution in [0.15, 0.2) is 42.5 Å². The molecule has 126 valence electrons. The molecule has 3 nitrogen and oxygen atoms in total. The lowest BCUT2D eigenvalue weighted by Crippen LogP contribution is -2.32. The van der Waals surface area contributed by atoms with E-state index < -0.39 is 0 Å². The number of benzene rings is 1. The van der Waals surface area contributed by atoms with Crippen LogP contribution in [0.4, 0.5) is 0 Å². The number of hydrogen-bond donors (Lipinski definition) is 1. The van der Waals surface area contributed by atoms with Crippen molar-refractivity contribution >= 4 is 17.8 Å². The first-order valence-corrected chi connectivity index (χ1v) is 8.55. The monoisotopic (exact) mass is 323 g/mol. The Hall–Kier alpha value is -2.16. The van der Waals surface area contributed by atoms with Crippen LogP contribution in [-0.4, -0.2) is 11.7 Å². The van der Waals surface area contributed by atoms with Gasteiger partial charge in [0.25, 0.3) is 0 Å². The molecule has 1 N–H and O–H groups in total. The van der Waals surface area contributed by atoms with Crippen molar-refractivity contribution in [2.45, 2.75) is 40.2 Å². The summed E-state index contributed by atoms with van der Waals surface area (Å²) in [5.74, 6) is 0.511. The number of carbonyl (C=O) groups is 2. The van der Waals surface area contributed by atoms with Crippen molar-refractivity contribution in [2.75, 3.05) is 0 Å². The van der Waals surface area contributed by atoms with Crippen molar-refractivity contribution in [1.82, 2.24) is 5.32 Å². The highest BCUT2D eigenvalue weighted by atomic mass is 16.1. The summed E-state index contributed by atoms with van der Waals surface area (Å²) in [7, 11) is 0. The minimum atomic E-state index is -0.210. The van der Waals surface area contributed by atoms with E-state index >= 15 is 0 Å². The number of carbonyl (C=O) groups excluding carboxylic acids is 2. The molecule has 24 heavy (non-hydrogen) atoms. The highest BCUT2D eigenvalue weighted by molar-refractivity contribution is 6.07. The van der Waals surface area contributed by atoms with E-state index in [1.807, 2.05) is 24.3 Å². The SMILES string of the molecule is C=CC(=O)NCc1ccc(/C=C2\C(=O)C3(C)CCC2C3(C)C)cc1. The van der Waals surface area contributed by atoms with E-state index in [1.54, 1.807) is 0 Å². The maximum Gasteiger partial charge on any atom is 0.243 e. The first kappa shape index (κ1) is 16.7. The Labute approximate surface area is 143 Å². The minimum Gasteiger partial charge on any atom is -0.348 e. The van der Waals surface area contributed by atoms with Crippen molar-refractivity contribution in [3.05, 3.63) is 53.6 Å². The molecule has 0 radical (unpaired) electrons. The van der Waals surface area contributed by atoms with Crippen molar-refractivity contribution in [3.63, 3.8) is 0 Å². The van der Waals surface area contributed by atoms with Crippen LogP contribution < -0.4 is 5.32 Å². The molecule has 2 fully saturated rings. The summed E-state index contributed by atoms with van der Waals surface area (Å²) in [4.78, 5) is 24.1. The summed E-state index contributed by atoms with van der Waals surface area (Å²) >= 11 is 0. The zero-order valence-electron chi connectivity index (χ0n) is 14.7. The molecular weight excluding hydrogens is 298 g/mol. The molecule has 0 heterocycles. The van der Waals surface area contributed by atoms with E-state index in [9.17, 15) is 9.59 Å². The summed E-state index contributed by atoms with van der Waals surface area (Å²) < 4.78 is 0. The third-order valence-electron chi connectivity index (χ3n) is 6.32. The number of hydrogen-bond acceptors (Lipinski definition) is 2. The topological polar surface area (TPSA) is 46.2 Å². The van der Waals surface area contributed by atoms with Crippen LogP contribution in [0.3, 0.4) is 0 Å². The molecule has 0 aliphatic heterocycles. The number of amides is 1. The van der Waals surface area contributed by atoms with E-state index in [0.29, 0.717) is 18.2 Å². The molecule has 0 aromatic heterocycles. The molecule has 2 aliphatic rings. The summed E-state index contributed by atoms with van der Waals surface area (Å²) in [6, 6.07) is 7.99. The molecule has 0 saturated heterocycles. The third-order valence-corrected chi connectivity index (χ3v) is 6.32. The van der Waals surface area contributed by atoms with Gasteiger partial charge in [0.1, 0.15) is 0 Å². The Morgan fingerprint density at radius 1 is 1.29 bits per heavy atom. The van der Waals surface area contributed by atoms with Gasteiger partial charge in [0.15, 0.2) is 5.78 Å². The predicted molar refractivity (Wildman–Crippen MR) is 96.1 cm³/mol. The maximum absolute atomic E-state index is 12.9. The number of fused-ring (bicyclic) bond motifs is 2. The molecule has 2 saturated carbocycles. The fraction of sp³-hybridized carbons (Fsp3) is 0.429. The molecule has 2 unspecified atom stereocenters. The summed E-state index contributed by atoms with van der Waals surface area (Å²) in [6.07, 6.45) is 5.43. The largest absolute Gasteiger partial charge is 0.348 e. The van der Waals surface area contributed by atoms with E-state index in [2.05, 4.69) is 38.7 Å². The zero-order valence-corrected chi connectivity index (χ0v) is 14.7. The van der Waals surface area contributed by atoms with Gasteiger partial charge in [-0.1, -0.05) is 51.6 Å². The van der Waals surface area contributed by atoms with Crippen molar-refractivity contribution < 1.29 is 9.59 Å². The second kappa shape index (κ2) is 5.73. The van der Waals surface area contributed by atoms with Gasteiger partial charge in [0.2, 0.25) is 5.91 Å². The maximum atomic E-state index is 12.9. The Bertz CT molecular complexity index is 727. The summed E-state index contributed by atoms with van der Waals surface area (Å²) in [5, 5.41) is 2.76. The molecule has 3 heteroatoms. The normalized spacial score (nSPS) is 29.0. The number of ketones is 1. The molecule has 1 aromatic rings. The van der Waals surface area contributed by atoms with Gasteiger partial charge in [-0.2, -0.15) is 0 Å². The van der Waals surface area contributed by atoms with E-state index in [1.165, 1.54) is 6.08 Å². The van der Waals surface area contributed by atoms with Gasteiger partial charge in [0, 0.05) is 12.0 Å². The first-order valence-electron chi connectivity index (χ1n) is 8.55. The van der Waals surface area contributed by atoms with Crippen LogP contribution in [0.5, 0.6) is 0 Å². The van der Waals surface area contributed by atoms with Gasteiger partial charge in [-0.25, -0.2) is 0 Å². The highest BCUT2D eigenvalue weighted by Gasteiger charge is 2.63. The molecule has 2 aliphatic carbocycles. The van der Waals surface area contributed by atoms with Gasteiger partial charge in [-0.15, -0.1) is 0 Å². The second-order valence-electron chi connectivity index (χ2n) is 7.74. The number of Topliss-reactive ketones (excluding diaryl/α,β-unsaturated/α-hetero) is 1. The quantitative estimate of drug-likeness (QED) is 0.854. The Morgan fingerprint density at radius 2 is 1.96 bits per heavy atom. The molecule has 3 rings (SSSR count). The highest BCUT2D eigenvalue weighted by Crippen LogP contribution is 2.65. The fourth-order valence-corrected chi connectivity index (χ4v) is 4.27. The number of rotatable bonds is 4. The Kier molecular flexibility index (Phi) is 3.98. The number of allylic oxidation sites excluding steroid dienone is 1. The van der Waals surface area contributed by atoms with Gasteiger partial charge >= 0.3 is 0 Å². The third kappa shape index (κ3) is 2.43. The first-order chi connectivity index (χ1) is 11.3. The van der Waals surface area contributed by atoms with E-state index in [4.69, 9.17) is 0 Å². The van der Waals surface area contributed by atoms with Crippen LogP contribution >= 0.6 is 0 Å². The molecule has 2 bridgehead atoms. The fourth-order valence-electron chi connectivity index (χ4n) is 4.27. The van der Waals surface area contributed by atoms with E-state index in [0.717, 1.165) is 29.5 Å². The van der Waals surface area contributed by atoms with Crippen LogP contribution in [0.2, 0.25) is 0 Å². The van der Waals surface area contributed by atoms with Crippen molar-refractivity contribution in [1.29, 1.82) is 0 Å². The smallest absolute Gasteiger partial charge is 0.243 e. The summed E-state index contributed by atoms with van der Waals surface area (Å²) in [6.45, 7) is 10.5. The summed E-state index contributed by atoms with van der Waals surface area (Å²) in [5.41, 5.74) is 2.90. The zero-order chi connectivity index (χ0) is 17.5. The van der Waals surface area contributed by atoms with E-state index in [-0.39, 0.29) is 16.7 Å². The van der Waals surface area contributed by atoms with Gasteiger partial charge in [0.05, 0.1) is 0 Å². The van der Waals surface area contributed by atoms with Gasteiger partial charge in [-0.05, 0) is 53.0 Å². The van der Waals surface area contributed by atoms with Crippen LogP contribution in [0.1, 0.15) is 44.7 Å². The standard InChI is InChI=1S/C21H25NO2/c1-5-18(23)22-13-15-8-6-14(7-9-15)12-16-17-10-11-21(4,19(16)24)20(17,2)3/h5-9,12,17H,1,10-11,13H2,2-4H3,(H,22,23)/b16-12-. The minimum absolute atomic E-state index is 0.0465. The predicted octanol–water partition coefficient (Wildman–Crippen LogP) is 3.90. The lowest BCUT2D eigenvalue weighted by Gasteiger charge is -2.31. The van der Waals surface area contributed by atoms with Crippen molar-refractivity contribution in [3.8, 4) is 0 Å². The van der Waals surface area contributed by atoms with Crippen LogP contribution in [0.25, 0.3) is 6.08 Å². The lowest BCUT2D eigenvalue weighted by atomic mass is 9.70. The van der Waals surface area contributed by atoms with Gasteiger partial charge in [-0.3, -0.25) is 9.59 Å². The average molecular weight is 323 g/mol. The number of nitrogens with one attached hydrogen (secondary N) is 1. The molecule has 2 atom stereocenters.